The molecule has 0 fully saturated rings. The Morgan fingerprint density at radius 2 is 1.74 bits per heavy atom. The summed E-state index contributed by atoms with van der Waals surface area (Å²) in [6, 6.07) is 18.9. The molecular formula is C19H18N2O4S2. The smallest absolute Gasteiger partial charge is 0.273 e. The van der Waals surface area contributed by atoms with E-state index in [4.69, 9.17) is 4.74 Å². The van der Waals surface area contributed by atoms with Crippen LogP contribution in [-0.4, -0.2) is 28.0 Å². The van der Waals surface area contributed by atoms with Crippen molar-refractivity contribution in [3.63, 3.8) is 0 Å². The fourth-order valence-electron chi connectivity index (χ4n) is 2.30. The fraction of sp³-hybridized carbons (Fsp3) is 0.105. The maximum Gasteiger partial charge on any atom is 0.273 e. The van der Waals surface area contributed by atoms with Gasteiger partial charge in [-0.1, -0.05) is 24.3 Å². The summed E-state index contributed by atoms with van der Waals surface area (Å²) >= 11 is 1.17. The minimum atomic E-state index is -3.57. The number of ether oxygens (including phenoxy) is 1. The molecule has 3 aromatic rings. The van der Waals surface area contributed by atoms with Crippen LogP contribution in [0.3, 0.4) is 0 Å². The number of thiophene rings is 1. The predicted molar refractivity (Wildman–Crippen MR) is 107 cm³/mol. The third-order valence-corrected chi connectivity index (χ3v) is 6.90. The van der Waals surface area contributed by atoms with Crippen LogP contribution in [-0.2, 0) is 14.8 Å². The molecule has 140 valence electrons. The predicted octanol–water partition coefficient (Wildman–Crippen LogP) is 3.59. The molecule has 2 aromatic carbocycles. The van der Waals surface area contributed by atoms with Crippen molar-refractivity contribution in [3.8, 4) is 5.75 Å². The average Bonchev–Trinajstić information content (AvgIpc) is 3.23. The van der Waals surface area contributed by atoms with Gasteiger partial charge < -0.3 is 10.1 Å². The van der Waals surface area contributed by atoms with Crippen LogP contribution in [0.4, 0.5) is 11.4 Å². The molecule has 0 radical (unpaired) electrons. The number of carbonyl (C=O) groups is 1. The lowest BCUT2D eigenvalue weighted by atomic mass is 10.3. The lowest BCUT2D eigenvalue weighted by molar-refractivity contribution is -0.118. The highest BCUT2D eigenvalue weighted by atomic mass is 32.2. The standard InChI is InChI=1S/C19H18N2O4S2/c1-21(27(23,24)19-8-5-13-26-19)16-9-11-17(12-10-16)25-14-18(22)20-15-6-3-2-4-7-15/h2-13H,14H2,1H3,(H,20,22). The average molecular weight is 402 g/mol. The Morgan fingerprint density at radius 1 is 1.04 bits per heavy atom. The summed E-state index contributed by atoms with van der Waals surface area (Å²) < 4.78 is 32.0. The molecule has 1 amide bonds. The number of amides is 1. The zero-order valence-electron chi connectivity index (χ0n) is 14.5. The van der Waals surface area contributed by atoms with Gasteiger partial charge in [-0.15, -0.1) is 11.3 Å². The molecular weight excluding hydrogens is 384 g/mol. The second kappa shape index (κ2) is 8.24. The van der Waals surface area contributed by atoms with Gasteiger partial charge >= 0.3 is 0 Å². The quantitative estimate of drug-likeness (QED) is 0.655. The highest BCUT2D eigenvalue weighted by molar-refractivity contribution is 7.94. The second-order valence-corrected chi connectivity index (χ2v) is 8.75. The minimum Gasteiger partial charge on any atom is -0.484 e. The van der Waals surface area contributed by atoms with E-state index in [9.17, 15) is 13.2 Å². The number of benzene rings is 2. The molecule has 0 spiro atoms. The molecule has 0 aliphatic heterocycles. The van der Waals surface area contributed by atoms with Crippen molar-refractivity contribution in [2.75, 3.05) is 23.3 Å². The van der Waals surface area contributed by atoms with Crippen LogP contribution < -0.4 is 14.4 Å². The van der Waals surface area contributed by atoms with Crippen molar-refractivity contribution in [2.45, 2.75) is 4.21 Å². The number of sulfonamides is 1. The van der Waals surface area contributed by atoms with Gasteiger partial charge in [-0.2, -0.15) is 0 Å². The molecule has 0 aliphatic carbocycles. The molecule has 0 aliphatic rings. The molecule has 1 N–H and O–H groups in total. The van der Waals surface area contributed by atoms with Crippen molar-refractivity contribution < 1.29 is 17.9 Å². The van der Waals surface area contributed by atoms with Gasteiger partial charge in [0.2, 0.25) is 0 Å². The minimum absolute atomic E-state index is 0.141. The van der Waals surface area contributed by atoms with Crippen LogP contribution >= 0.6 is 11.3 Å². The van der Waals surface area contributed by atoms with E-state index in [2.05, 4.69) is 5.32 Å². The van der Waals surface area contributed by atoms with Gasteiger partial charge in [-0.3, -0.25) is 9.10 Å². The third-order valence-electron chi connectivity index (χ3n) is 3.74. The summed E-state index contributed by atoms with van der Waals surface area (Å²) in [5, 5.41) is 4.45. The summed E-state index contributed by atoms with van der Waals surface area (Å²) in [5.41, 5.74) is 1.20. The topological polar surface area (TPSA) is 75.7 Å². The summed E-state index contributed by atoms with van der Waals surface area (Å²) in [5.74, 6) is 0.201. The van der Waals surface area contributed by atoms with E-state index in [0.717, 1.165) is 0 Å². The van der Waals surface area contributed by atoms with E-state index in [1.54, 1.807) is 53.9 Å². The lowest BCUT2D eigenvalue weighted by Gasteiger charge is -2.18. The van der Waals surface area contributed by atoms with Crippen LogP contribution in [0.15, 0.2) is 76.3 Å². The van der Waals surface area contributed by atoms with E-state index >= 15 is 0 Å². The molecule has 0 unspecified atom stereocenters. The molecule has 0 saturated carbocycles. The van der Waals surface area contributed by atoms with Gasteiger partial charge in [0.15, 0.2) is 6.61 Å². The van der Waals surface area contributed by atoms with Gasteiger partial charge in [0, 0.05) is 12.7 Å². The maximum absolute atomic E-state index is 12.5. The highest BCUT2D eigenvalue weighted by Gasteiger charge is 2.22. The van der Waals surface area contributed by atoms with Gasteiger partial charge in [-0.05, 0) is 47.8 Å². The number of nitrogens with zero attached hydrogens (tertiary/aromatic N) is 1. The molecule has 0 bridgehead atoms. The summed E-state index contributed by atoms with van der Waals surface area (Å²) in [7, 11) is -2.08. The molecule has 6 nitrogen and oxygen atoms in total. The lowest BCUT2D eigenvalue weighted by Crippen LogP contribution is -2.25. The van der Waals surface area contributed by atoms with Crippen LogP contribution in [0.1, 0.15) is 0 Å². The Kier molecular flexibility index (Phi) is 5.78. The van der Waals surface area contributed by atoms with Crippen LogP contribution in [0.5, 0.6) is 5.75 Å². The number of para-hydroxylation sites is 1. The van der Waals surface area contributed by atoms with E-state index in [1.807, 2.05) is 18.2 Å². The Balaban J connectivity index is 1.59. The number of carbonyl (C=O) groups excluding carboxylic acids is 1. The number of hydrogen-bond donors (Lipinski definition) is 1. The van der Waals surface area contributed by atoms with Crippen molar-refractivity contribution in [2.24, 2.45) is 0 Å². The van der Waals surface area contributed by atoms with Crippen LogP contribution in [0.25, 0.3) is 0 Å². The Morgan fingerprint density at radius 3 is 2.37 bits per heavy atom. The first-order valence-electron chi connectivity index (χ1n) is 8.07. The van der Waals surface area contributed by atoms with Crippen molar-refractivity contribution in [1.29, 1.82) is 0 Å². The molecule has 0 atom stereocenters. The Bertz CT molecular complexity index is 986. The number of anilines is 2. The molecule has 27 heavy (non-hydrogen) atoms. The molecule has 0 saturated heterocycles. The van der Waals surface area contributed by atoms with E-state index < -0.39 is 10.0 Å². The van der Waals surface area contributed by atoms with Gasteiger partial charge in [0.05, 0.1) is 5.69 Å². The van der Waals surface area contributed by atoms with Gasteiger partial charge in [0.25, 0.3) is 15.9 Å². The SMILES string of the molecule is CN(c1ccc(OCC(=O)Nc2ccccc2)cc1)S(=O)(=O)c1cccs1. The zero-order valence-corrected chi connectivity index (χ0v) is 16.2. The highest BCUT2D eigenvalue weighted by Crippen LogP contribution is 2.26. The second-order valence-electron chi connectivity index (χ2n) is 5.60. The van der Waals surface area contributed by atoms with Crippen molar-refractivity contribution in [1.82, 2.24) is 0 Å². The first-order chi connectivity index (χ1) is 13.0. The van der Waals surface area contributed by atoms with Crippen LogP contribution in [0.2, 0.25) is 0 Å². The normalized spacial score (nSPS) is 11.0. The number of hydrogen-bond acceptors (Lipinski definition) is 5. The number of nitrogens with one attached hydrogen (secondary N) is 1. The summed E-state index contributed by atoms with van der Waals surface area (Å²) in [6.45, 7) is -0.141. The third kappa shape index (κ3) is 4.66. The number of rotatable bonds is 7. The van der Waals surface area contributed by atoms with Crippen molar-refractivity contribution >= 4 is 38.6 Å². The molecule has 8 heteroatoms. The molecule has 1 aromatic heterocycles. The van der Waals surface area contributed by atoms with Crippen molar-refractivity contribution in [3.05, 3.63) is 72.1 Å². The largest absolute Gasteiger partial charge is 0.484 e. The Labute approximate surface area is 162 Å². The summed E-state index contributed by atoms with van der Waals surface area (Å²) in [4.78, 5) is 11.9. The van der Waals surface area contributed by atoms with Crippen LogP contribution in [0, 0.1) is 0 Å². The molecule has 3 rings (SSSR count). The summed E-state index contributed by atoms with van der Waals surface area (Å²) in [6.07, 6.45) is 0. The first kappa shape index (κ1) is 18.9. The Hall–Kier alpha value is -2.84. The fourth-order valence-corrected chi connectivity index (χ4v) is 4.66. The molecule has 1 heterocycles. The van der Waals surface area contributed by atoms with Gasteiger partial charge in [-0.25, -0.2) is 8.42 Å². The zero-order chi connectivity index (χ0) is 19.3. The van der Waals surface area contributed by atoms with E-state index in [1.165, 1.54) is 22.7 Å². The monoisotopic (exact) mass is 402 g/mol. The maximum atomic E-state index is 12.5. The van der Waals surface area contributed by atoms with Gasteiger partial charge in [0.1, 0.15) is 9.96 Å². The first-order valence-corrected chi connectivity index (χ1v) is 10.4. The van der Waals surface area contributed by atoms with E-state index in [-0.39, 0.29) is 16.7 Å². The van der Waals surface area contributed by atoms with E-state index in [0.29, 0.717) is 17.1 Å².